The Kier molecular flexibility index (Phi) is 3.72. The van der Waals surface area contributed by atoms with Gasteiger partial charge in [0.2, 0.25) is 0 Å². The molecular weight excluding hydrogens is 256 g/mol. The zero-order valence-corrected chi connectivity index (χ0v) is 12.7. The maximum absolute atomic E-state index is 6.15. The number of aryl methyl sites for hydroxylation is 1. The number of halogens is 1. The van der Waals surface area contributed by atoms with Crippen molar-refractivity contribution in [2.75, 3.05) is 24.5 Å². The average molecular weight is 279 g/mol. The van der Waals surface area contributed by atoms with Crippen molar-refractivity contribution >= 4 is 17.3 Å². The second-order valence-corrected chi connectivity index (χ2v) is 6.33. The summed E-state index contributed by atoms with van der Waals surface area (Å²) in [6.45, 7) is 8.12. The van der Waals surface area contributed by atoms with Gasteiger partial charge in [-0.3, -0.25) is 4.90 Å². The molecule has 2 saturated heterocycles. The molecule has 0 N–H and O–H groups in total. The van der Waals surface area contributed by atoms with E-state index in [9.17, 15) is 0 Å². The Balaban J connectivity index is 1.88. The molecule has 2 fully saturated rings. The number of rotatable bonds is 2. The number of nitrogens with zero attached hydrogens (tertiary/aromatic N) is 2. The van der Waals surface area contributed by atoms with Gasteiger partial charge in [0.25, 0.3) is 0 Å². The van der Waals surface area contributed by atoms with Crippen LogP contribution in [0.5, 0.6) is 0 Å². The van der Waals surface area contributed by atoms with E-state index in [0.29, 0.717) is 11.9 Å². The van der Waals surface area contributed by atoms with Crippen molar-refractivity contribution in [3.63, 3.8) is 0 Å². The quantitative estimate of drug-likeness (QED) is 0.765. The first-order valence-corrected chi connectivity index (χ1v) is 7.88. The molecule has 1 aromatic carbocycles. The van der Waals surface area contributed by atoms with Crippen LogP contribution in [0.1, 0.15) is 30.9 Å². The summed E-state index contributed by atoms with van der Waals surface area (Å²) in [7, 11) is 0. The van der Waals surface area contributed by atoms with Gasteiger partial charge in [0.1, 0.15) is 0 Å². The van der Waals surface area contributed by atoms with Crippen LogP contribution in [-0.2, 0) is 5.88 Å². The standard InChI is InChI=1S/C16H23ClN2/c1-12-5-6-16(14(8-12)9-17)19-11-15-4-3-7-18(15)10-13(19)2/h5-6,8,13,15H,3-4,7,9-11H2,1-2H3. The lowest BCUT2D eigenvalue weighted by atomic mass is 10.0. The molecule has 3 heteroatoms. The first-order valence-electron chi connectivity index (χ1n) is 7.35. The number of benzene rings is 1. The Bertz CT molecular complexity index is 460. The predicted molar refractivity (Wildman–Crippen MR) is 82.1 cm³/mol. The van der Waals surface area contributed by atoms with E-state index in [4.69, 9.17) is 11.6 Å². The number of hydrogen-bond acceptors (Lipinski definition) is 2. The van der Waals surface area contributed by atoms with E-state index in [0.717, 1.165) is 12.6 Å². The van der Waals surface area contributed by atoms with Gasteiger partial charge >= 0.3 is 0 Å². The zero-order chi connectivity index (χ0) is 13.4. The van der Waals surface area contributed by atoms with Crippen LogP contribution in [-0.4, -0.2) is 36.6 Å². The van der Waals surface area contributed by atoms with Gasteiger partial charge in [-0.1, -0.05) is 17.7 Å². The molecule has 0 saturated carbocycles. The Morgan fingerprint density at radius 2 is 2.16 bits per heavy atom. The van der Waals surface area contributed by atoms with E-state index >= 15 is 0 Å². The van der Waals surface area contributed by atoms with Gasteiger partial charge in [-0.15, -0.1) is 11.6 Å². The van der Waals surface area contributed by atoms with E-state index in [2.05, 4.69) is 41.8 Å². The minimum absolute atomic E-state index is 0.582. The molecule has 104 valence electrons. The van der Waals surface area contributed by atoms with Crippen molar-refractivity contribution in [1.29, 1.82) is 0 Å². The minimum Gasteiger partial charge on any atom is -0.366 e. The number of alkyl halides is 1. The highest BCUT2D eigenvalue weighted by Gasteiger charge is 2.34. The summed E-state index contributed by atoms with van der Waals surface area (Å²) in [5.41, 5.74) is 3.92. The third-order valence-corrected chi connectivity index (χ3v) is 4.91. The lowest BCUT2D eigenvalue weighted by molar-refractivity contribution is 0.203. The summed E-state index contributed by atoms with van der Waals surface area (Å²) in [6.07, 6.45) is 2.72. The molecule has 1 aromatic rings. The molecule has 0 aromatic heterocycles. The van der Waals surface area contributed by atoms with Crippen LogP contribution in [0.4, 0.5) is 5.69 Å². The van der Waals surface area contributed by atoms with Gasteiger partial charge in [-0.05, 0) is 44.9 Å². The summed E-state index contributed by atoms with van der Waals surface area (Å²) in [5.74, 6) is 0.606. The van der Waals surface area contributed by atoms with Gasteiger partial charge in [-0.2, -0.15) is 0 Å². The fourth-order valence-corrected chi connectivity index (χ4v) is 3.84. The van der Waals surface area contributed by atoms with Crippen molar-refractivity contribution < 1.29 is 0 Å². The highest BCUT2D eigenvalue weighted by Crippen LogP contribution is 2.31. The van der Waals surface area contributed by atoms with Crippen LogP contribution in [0.3, 0.4) is 0 Å². The lowest BCUT2D eigenvalue weighted by Crippen LogP contribution is -2.55. The van der Waals surface area contributed by atoms with E-state index in [1.54, 1.807) is 0 Å². The highest BCUT2D eigenvalue weighted by molar-refractivity contribution is 6.17. The number of fused-ring (bicyclic) bond motifs is 1. The molecule has 0 amide bonds. The van der Waals surface area contributed by atoms with Gasteiger partial charge in [0, 0.05) is 36.7 Å². The van der Waals surface area contributed by atoms with Gasteiger partial charge in [0.05, 0.1) is 0 Å². The fourth-order valence-electron chi connectivity index (χ4n) is 3.62. The van der Waals surface area contributed by atoms with Gasteiger partial charge < -0.3 is 4.90 Å². The third-order valence-electron chi connectivity index (χ3n) is 4.63. The summed E-state index contributed by atoms with van der Waals surface area (Å²) in [5, 5.41) is 0. The van der Waals surface area contributed by atoms with E-state index in [-0.39, 0.29) is 0 Å². The second kappa shape index (κ2) is 5.34. The number of anilines is 1. The molecule has 2 atom stereocenters. The van der Waals surface area contributed by atoms with Crippen LogP contribution in [0.2, 0.25) is 0 Å². The summed E-state index contributed by atoms with van der Waals surface area (Å²) in [4.78, 5) is 5.24. The molecule has 3 rings (SSSR count). The van der Waals surface area contributed by atoms with Crippen molar-refractivity contribution in [2.24, 2.45) is 0 Å². The first-order chi connectivity index (χ1) is 9.19. The van der Waals surface area contributed by atoms with Crippen LogP contribution in [0.25, 0.3) is 0 Å². The van der Waals surface area contributed by atoms with E-state index in [1.807, 2.05) is 0 Å². The SMILES string of the molecule is Cc1ccc(N2CC3CCCN3CC2C)c(CCl)c1. The normalized spacial score (nSPS) is 27.6. The van der Waals surface area contributed by atoms with Crippen molar-refractivity contribution in [1.82, 2.24) is 4.90 Å². The average Bonchev–Trinajstić information content (AvgIpc) is 2.85. The molecule has 2 nitrogen and oxygen atoms in total. The highest BCUT2D eigenvalue weighted by atomic mass is 35.5. The second-order valence-electron chi connectivity index (χ2n) is 6.06. The Labute approximate surface area is 121 Å². The van der Waals surface area contributed by atoms with E-state index < -0.39 is 0 Å². The van der Waals surface area contributed by atoms with Crippen LogP contribution < -0.4 is 4.90 Å². The lowest BCUT2D eigenvalue weighted by Gasteiger charge is -2.44. The molecule has 0 spiro atoms. The maximum atomic E-state index is 6.15. The Morgan fingerprint density at radius 3 is 2.95 bits per heavy atom. The molecule has 0 radical (unpaired) electrons. The molecule has 2 aliphatic rings. The summed E-state index contributed by atoms with van der Waals surface area (Å²) < 4.78 is 0. The molecule has 2 aliphatic heterocycles. The summed E-state index contributed by atoms with van der Waals surface area (Å²) in [6, 6.07) is 8.03. The van der Waals surface area contributed by atoms with E-state index in [1.165, 1.54) is 42.7 Å². The van der Waals surface area contributed by atoms with Gasteiger partial charge in [0.15, 0.2) is 0 Å². The van der Waals surface area contributed by atoms with Crippen LogP contribution >= 0.6 is 11.6 Å². The number of hydrogen-bond donors (Lipinski definition) is 0. The molecule has 2 heterocycles. The largest absolute Gasteiger partial charge is 0.366 e. The molecule has 2 unspecified atom stereocenters. The monoisotopic (exact) mass is 278 g/mol. The van der Waals surface area contributed by atoms with Gasteiger partial charge in [-0.25, -0.2) is 0 Å². The minimum atomic E-state index is 0.582. The molecular formula is C16H23ClN2. The third kappa shape index (κ3) is 2.48. The van der Waals surface area contributed by atoms with Crippen molar-refractivity contribution in [3.05, 3.63) is 29.3 Å². The Hall–Kier alpha value is -0.730. The first kappa shape index (κ1) is 13.3. The predicted octanol–water partition coefficient (Wildman–Crippen LogP) is 3.41. The van der Waals surface area contributed by atoms with Crippen LogP contribution in [0.15, 0.2) is 18.2 Å². The molecule has 0 aliphatic carbocycles. The van der Waals surface area contributed by atoms with Crippen molar-refractivity contribution in [3.8, 4) is 0 Å². The summed E-state index contributed by atoms with van der Waals surface area (Å²) >= 11 is 6.15. The number of piperazine rings is 1. The molecule has 0 bridgehead atoms. The zero-order valence-electron chi connectivity index (χ0n) is 11.9. The van der Waals surface area contributed by atoms with Crippen molar-refractivity contribution in [2.45, 2.75) is 44.7 Å². The Morgan fingerprint density at radius 1 is 1.32 bits per heavy atom. The van der Waals surface area contributed by atoms with Crippen LogP contribution in [0, 0.1) is 6.92 Å². The molecule has 19 heavy (non-hydrogen) atoms. The fraction of sp³-hybridized carbons (Fsp3) is 0.625. The topological polar surface area (TPSA) is 6.48 Å². The maximum Gasteiger partial charge on any atom is 0.0494 e. The smallest absolute Gasteiger partial charge is 0.0494 e.